The Kier molecular flexibility index (Phi) is 6.41. The SMILES string of the molecule is CNS(=O)(=O)NCC(c1ccc(N(C)C)cc1)N1CCCCC1. The average Bonchev–Trinajstić information content (AvgIpc) is 2.56. The van der Waals surface area contributed by atoms with Crippen molar-refractivity contribution < 1.29 is 8.42 Å². The number of hydrogen-bond donors (Lipinski definition) is 2. The van der Waals surface area contributed by atoms with Crippen LogP contribution in [0.5, 0.6) is 0 Å². The first kappa shape index (κ1) is 18.2. The maximum Gasteiger partial charge on any atom is 0.276 e. The highest BCUT2D eigenvalue weighted by Gasteiger charge is 2.23. The Morgan fingerprint density at radius 1 is 1.13 bits per heavy atom. The zero-order chi connectivity index (χ0) is 16.9. The van der Waals surface area contributed by atoms with Gasteiger partial charge in [0.2, 0.25) is 0 Å². The fourth-order valence-electron chi connectivity index (χ4n) is 2.94. The highest BCUT2D eigenvalue weighted by atomic mass is 32.2. The third kappa shape index (κ3) is 5.17. The van der Waals surface area contributed by atoms with Crippen LogP contribution >= 0.6 is 0 Å². The second-order valence-electron chi connectivity index (χ2n) is 6.15. The summed E-state index contributed by atoms with van der Waals surface area (Å²) >= 11 is 0. The lowest BCUT2D eigenvalue weighted by Gasteiger charge is -2.35. The van der Waals surface area contributed by atoms with Gasteiger partial charge in [0.1, 0.15) is 0 Å². The third-order valence-electron chi connectivity index (χ3n) is 4.36. The molecule has 1 saturated heterocycles. The first-order valence-electron chi connectivity index (χ1n) is 8.12. The number of rotatable bonds is 7. The summed E-state index contributed by atoms with van der Waals surface area (Å²) in [6.07, 6.45) is 3.60. The molecule has 1 atom stereocenters. The number of anilines is 1. The standard InChI is InChI=1S/C16H28N4O2S/c1-17-23(21,22)18-13-16(20-11-5-4-6-12-20)14-7-9-15(10-8-14)19(2)3/h7-10,16-18H,4-6,11-13H2,1-3H3. The summed E-state index contributed by atoms with van der Waals surface area (Å²) in [5.41, 5.74) is 2.29. The minimum atomic E-state index is -3.42. The smallest absolute Gasteiger partial charge is 0.276 e. The average molecular weight is 340 g/mol. The van der Waals surface area contributed by atoms with E-state index < -0.39 is 10.2 Å². The van der Waals surface area contributed by atoms with Crippen LogP contribution in [0, 0.1) is 0 Å². The van der Waals surface area contributed by atoms with Crippen molar-refractivity contribution in [2.45, 2.75) is 25.3 Å². The molecule has 0 aliphatic carbocycles. The molecule has 1 aliphatic heterocycles. The Bertz CT molecular complexity index is 581. The van der Waals surface area contributed by atoms with E-state index in [1.807, 2.05) is 14.1 Å². The summed E-state index contributed by atoms with van der Waals surface area (Å²) in [6, 6.07) is 8.43. The number of benzene rings is 1. The Morgan fingerprint density at radius 2 is 1.74 bits per heavy atom. The van der Waals surface area contributed by atoms with E-state index in [0.717, 1.165) is 24.3 Å². The van der Waals surface area contributed by atoms with E-state index in [0.29, 0.717) is 6.54 Å². The van der Waals surface area contributed by atoms with Gasteiger partial charge in [-0.15, -0.1) is 0 Å². The van der Waals surface area contributed by atoms with Gasteiger partial charge in [-0.3, -0.25) is 4.90 Å². The van der Waals surface area contributed by atoms with E-state index in [1.165, 1.54) is 26.3 Å². The fraction of sp³-hybridized carbons (Fsp3) is 0.625. The van der Waals surface area contributed by atoms with Crippen LogP contribution in [0.1, 0.15) is 30.9 Å². The van der Waals surface area contributed by atoms with Crippen molar-refractivity contribution in [3.05, 3.63) is 29.8 Å². The molecule has 0 bridgehead atoms. The van der Waals surface area contributed by atoms with Crippen LogP contribution in [-0.2, 0) is 10.2 Å². The van der Waals surface area contributed by atoms with Gasteiger partial charge in [0.15, 0.2) is 0 Å². The van der Waals surface area contributed by atoms with Crippen molar-refractivity contribution in [2.24, 2.45) is 0 Å². The summed E-state index contributed by atoms with van der Waals surface area (Å²) in [7, 11) is 2.03. The summed E-state index contributed by atoms with van der Waals surface area (Å²) < 4.78 is 28.4. The number of nitrogens with zero attached hydrogens (tertiary/aromatic N) is 2. The van der Waals surface area contributed by atoms with Crippen LogP contribution in [0.3, 0.4) is 0 Å². The van der Waals surface area contributed by atoms with Gasteiger partial charge in [0.05, 0.1) is 0 Å². The lowest BCUT2D eigenvalue weighted by molar-refractivity contribution is 0.164. The van der Waals surface area contributed by atoms with E-state index in [1.54, 1.807) is 0 Å². The van der Waals surface area contributed by atoms with Gasteiger partial charge in [-0.25, -0.2) is 9.44 Å². The fourth-order valence-corrected chi connectivity index (χ4v) is 3.46. The molecule has 1 unspecified atom stereocenters. The highest BCUT2D eigenvalue weighted by Crippen LogP contribution is 2.26. The van der Waals surface area contributed by atoms with Crippen LogP contribution in [0.4, 0.5) is 5.69 Å². The molecule has 1 fully saturated rings. The lowest BCUT2D eigenvalue weighted by Crippen LogP contribution is -2.43. The van der Waals surface area contributed by atoms with Gasteiger partial charge in [-0.2, -0.15) is 8.42 Å². The Labute approximate surface area is 140 Å². The van der Waals surface area contributed by atoms with Crippen molar-refractivity contribution in [1.82, 2.24) is 14.3 Å². The molecule has 0 aromatic heterocycles. The van der Waals surface area contributed by atoms with Gasteiger partial charge in [0.25, 0.3) is 10.2 Å². The molecule has 1 heterocycles. The monoisotopic (exact) mass is 340 g/mol. The van der Waals surface area contributed by atoms with Gasteiger partial charge < -0.3 is 4.90 Å². The minimum absolute atomic E-state index is 0.0645. The van der Waals surface area contributed by atoms with Gasteiger partial charge in [-0.1, -0.05) is 18.6 Å². The minimum Gasteiger partial charge on any atom is -0.378 e. The predicted octanol–water partition coefficient (Wildman–Crippen LogP) is 1.33. The van der Waals surface area contributed by atoms with Crippen LogP contribution in [0.25, 0.3) is 0 Å². The molecule has 0 saturated carbocycles. The summed E-state index contributed by atoms with van der Waals surface area (Å²) in [5, 5.41) is 0. The first-order valence-corrected chi connectivity index (χ1v) is 9.61. The Balaban J connectivity index is 2.17. The molecule has 0 radical (unpaired) electrons. The molecular formula is C16H28N4O2S. The van der Waals surface area contributed by atoms with Crippen molar-refractivity contribution in [2.75, 3.05) is 45.7 Å². The number of hydrogen-bond acceptors (Lipinski definition) is 4. The molecule has 1 aromatic rings. The molecule has 23 heavy (non-hydrogen) atoms. The van der Waals surface area contributed by atoms with Gasteiger partial charge >= 0.3 is 0 Å². The molecular weight excluding hydrogens is 312 g/mol. The number of piperidine rings is 1. The van der Waals surface area contributed by atoms with Crippen LogP contribution in [0.2, 0.25) is 0 Å². The van der Waals surface area contributed by atoms with Gasteiger partial charge in [-0.05, 0) is 43.6 Å². The summed E-state index contributed by atoms with van der Waals surface area (Å²) in [6.45, 7) is 2.41. The van der Waals surface area contributed by atoms with Crippen molar-refractivity contribution >= 4 is 15.9 Å². The predicted molar refractivity (Wildman–Crippen MR) is 94.9 cm³/mol. The van der Waals surface area contributed by atoms with Crippen LogP contribution < -0.4 is 14.3 Å². The van der Waals surface area contributed by atoms with E-state index in [9.17, 15) is 8.42 Å². The zero-order valence-electron chi connectivity index (χ0n) is 14.2. The quantitative estimate of drug-likeness (QED) is 0.786. The number of nitrogens with one attached hydrogen (secondary N) is 2. The molecule has 0 spiro atoms. The lowest BCUT2D eigenvalue weighted by atomic mass is 10.0. The van der Waals surface area contributed by atoms with Crippen molar-refractivity contribution in [1.29, 1.82) is 0 Å². The number of likely N-dealkylation sites (tertiary alicyclic amines) is 1. The zero-order valence-corrected chi connectivity index (χ0v) is 15.1. The molecule has 2 rings (SSSR count). The molecule has 2 N–H and O–H groups in total. The second kappa shape index (κ2) is 8.10. The second-order valence-corrected chi connectivity index (χ2v) is 7.86. The Hall–Kier alpha value is -1.15. The van der Waals surface area contributed by atoms with E-state index in [4.69, 9.17) is 0 Å². The molecule has 0 amide bonds. The normalized spacial score (nSPS) is 17.9. The highest BCUT2D eigenvalue weighted by molar-refractivity contribution is 7.87. The molecule has 1 aliphatic rings. The summed E-state index contributed by atoms with van der Waals surface area (Å²) in [5.74, 6) is 0. The maximum absolute atomic E-state index is 11.7. The van der Waals surface area contributed by atoms with Crippen LogP contribution in [-0.4, -0.2) is 54.1 Å². The largest absolute Gasteiger partial charge is 0.378 e. The van der Waals surface area contributed by atoms with Crippen molar-refractivity contribution in [3.63, 3.8) is 0 Å². The Morgan fingerprint density at radius 3 is 2.26 bits per heavy atom. The maximum atomic E-state index is 11.7. The summed E-state index contributed by atoms with van der Waals surface area (Å²) in [4.78, 5) is 4.44. The topological polar surface area (TPSA) is 64.7 Å². The molecule has 6 nitrogen and oxygen atoms in total. The molecule has 1 aromatic carbocycles. The van der Waals surface area contributed by atoms with Crippen molar-refractivity contribution in [3.8, 4) is 0 Å². The first-order chi connectivity index (χ1) is 10.9. The van der Waals surface area contributed by atoms with Gasteiger partial charge in [0, 0.05) is 39.4 Å². The van der Waals surface area contributed by atoms with E-state index in [2.05, 4.69) is 43.5 Å². The third-order valence-corrected chi connectivity index (χ3v) is 5.45. The molecule has 130 valence electrons. The molecule has 7 heteroatoms. The van der Waals surface area contributed by atoms with E-state index in [-0.39, 0.29) is 6.04 Å². The van der Waals surface area contributed by atoms with Crippen LogP contribution in [0.15, 0.2) is 24.3 Å². The van der Waals surface area contributed by atoms with E-state index >= 15 is 0 Å².